The quantitative estimate of drug-likeness (QED) is 0.766. The molecule has 0 aliphatic heterocycles. The summed E-state index contributed by atoms with van der Waals surface area (Å²) in [4.78, 5) is 11.7. The summed E-state index contributed by atoms with van der Waals surface area (Å²) >= 11 is 0. The fraction of sp³-hybridized carbons (Fsp3) is 0.562. The Kier molecular flexibility index (Phi) is 7.09. The van der Waals surface area contributed by atoms with Crippen molar-refractivity contribution < 1.29 is 14.6 Å². The Morgan fingerprint density at radius 3 is 2.80 bits per heavy atom. The molecule has 1 atom stereocenters. The van der Waals surface area contributed by atoms with Crippen molar-refractivity contribution in [1.82, 2.24) is 5.32 Å². The monoisotopic (exact) mass is 279 g/mol. The molecule has 0 radical (unpaired) electrons. The fourth-order valence-electron chi connectivity index (χ4n) is 1.87. The lowest BCUT2D eigenvalue weighted by Gasteiger charge is -2.14. The van der Waals surface area contributed by atoms with Gasteiger partial charge in [0, 0.05) is 13.0 Å². The normalized spacial score (nSPS) is 12.2. The number of carbonyl (C=O) groups excluding carboxylic acids is 1. The number of hydrogen-bond donors (Lipinski definition) is 2. The topological polar surface area (TPSA) is 58.6 Å². The lowest BCUT2D eigenvalue weighted by Crippen LogP contribution is -2.28. The molecule has 0 heterocycles. The lowest BCUT2D eigenvalue weighted by atomic mass is 10.0. The first kappa shape index (κ1) is 16.5. The van der Waals surface area contributed by atoms with Crippen LogP contribution in [0.25, 0.3) is 0 Å². The summed E-state index contributed by atoms with van der Waals surface area (Å²) in [7, 11) is 1.63. The predicted octanol–water partition coefficient (Wildman–Crippen LogP) is 2.15. The highest BCUT2D eigenvalue weighted by atomic mass is 16.5. The third-order valence-electron chi connectivity index (χ3n) is 3.31. The van der Waals surface area contributed by atoms with Gasteiger partial charge in [-0.3, -0.25) is 4.79 Å². The van der Waals surface area contributed by atoms with Gasteiger partial charge in [0.1, 0.15) is 5.75 Å². The lowest BCUT2D eigenvalue weighted by molar-refractivity contribution is -0.121. The zero-order valence-corrected chi connectivity index (χ0v) is 12.6. The van der Waals surface area contributed by atoms with Crippen molar-refractivity contribution in [3.63, 3.8) is 0 Å². The fourth-order valence-corrected chi connectivity index (χ4v) is 1.87. The maximum atomic E-state index is 11.7. The molecule has 0 saturated heterocycles. The molecule has 4 nitrogen and oxygen atoms in total. The van der Waals surface area contributed by atoms with E-state index in [1.807, 2.05) is 38.1 Å². The van der Waals surface area contributed by atoms with Crippen LogP contribution in [0.15, 0.2) is 24.3 Å². The Balaban J connectivity index is 2.26. The second kappa shape index (κ2) is 8.59. The predicted molar refractivity (Wildman–Crippen MR) is 79.8 cm³/mol. The van der Waals surface area contributed by atoms with E-state index in [4.69, 9.17) is 4.74 Å². The molecule has 0 aromatic heterocycles. The molecule has 1 rings (SSSR count). The molecule has 20 heavy (non-hydrogen) atoms. The summed E-state index contributed by atoms with van der Waals surface area (Å²) in [5, 5.41) is 12.5. The van der Waals surface area contributed by atoms with Crippen LogP contribution >= 0.6 is 0 Å². The minimum atomic E-state index is -0.353. The Labute approximate surface area is 121 Å². The molecule has 1 aromatic rings. The number of aryl methyl sites for hydroxylation is 1. The first-order valence-corrected chi connectivity index (χ1v) is 7.10. The van der Waals surface area contributed by atoms with Crippen molar-refractivity contribution >= 4 is 5.91 Å². The molecule has 4 heteroatoms. The molecule has 0 aliphatic rings. The van der Waals surface area contributed by atoms with Crippen LogP contribution < -0.4 is 10.1 Å². The van der Waals surface area contributed by atoms with Crippen LogP contribution in [-0.4, -0.2) is 30.8 Å². The SMILES string of the molecule is COc1cccc(CCC(=O)NCCC(O)C(C)C)c1. The van der Waals surface area contributed by atoms with Crippen molar-refractivity contribution in [2.24, 2.45) is 5.92 Å². The van der Waals surface area contributed by atoms with Crippen molar-refractivity contribution in [2.45, 2.75) is 39.2 Å². The molecule has 1 amide bonds. The molecule has 112 valence electrons. The van der Waals surface area contributed by atoms with Crippen LogP contribution in [0.2, 0.25) is 0 Å². The van der Waals surface area contributed by atoms with Gasteiger partial charge in [-0.1, -0.05) is 26.0 Å². The van der Waals surface area contributed by atoms with E-state index in [1.54, 1.807) is 7.11 Å². The zero-order chi connectivity index (χ0) is 15.0. The van der Waals surface area contributed by atoms with Gasteiger partial charge in [-0.05, 0) is 36.5 Å². The van der Waals surface area contributed by atoms with Crippen LogP contribution in [0.3, 0.4) is 0 Å². The molecule has 0 bridgehead atoms. The van der Waals surface area contributed by atoms with E-state index in [1.165, 1.54) is 0 Å². The number of amides is 1. The van der Waals surface area contributed by atoms with E-state index in [9.17, 15) is 9.90 Å². The Bertz CT molecular complexity index is 418. The number of ether oxygens (including phenoxy) is 1. The van der Waals surface area contributed by atoms with E-state index in [0.29, 0.717) is 25.8 Å². The van der Waals surface area contributed by atoms with Gasteiger partial charge >= 0.3 is 0 Å². The number of nitrogens with one attached hydrogen (secondary N) is 1. The molecule has 0 fully saturated rings. The van der Waals surface area contributed by atoms with Crippen molar-refractivity contribution in [3.8, 4) is 5.75 Å². The Morgan fingerprint density at radius 2 is 2.15 bits per heavy atom. The van der Waals surface area contributed by atoms with Crippen LogP contribution in [0.1, 0.15) is 32.3 Å². The van der Waals surface area contributed by atoms with E-state index in [-0.39, 0.29) is 17.9 Å². The highest BCUT2D eigenvalue weighted by Crippen LogP contribution is 2.13. The van der Waals surface area contributed by atoms with Crippen LogP contribution in [0.4, 0.5) is 0 Å². The Morgan fingerprint density at radius 1 is 1.40 bits per heavy atom. The molecule has 0 saturated carbocycles. The summed E-state index contributed by atoms with van der Waals surface area (Å²) in [6.07, 6.45) is 1.39. The second-order valence-corrected chi connectivity index (χ2v) is 5.30. The first-order valence-electron chi connectivity index (χ1n) is 7.10. The van der Waals surface area contributed by atoms with Crippen LogP contribution in [0, 0.1) is 5.92 Å². The van der Waals surface area contributed by atoms with Gasteiger partial charge in [-0.25, -0.2) is 0 Å². The van der Waals surface area contributed by atoms with Gasteiger partial charge < -0.3 is 15.2 Å². The molecule has 1 aromatic carbocycles. The van der Waals surface area contributed by atoms with Crippen molar-refractivity contribution in [2.75, 3.05) is 13.7 Å². The first-order chi connectivity index (χ1) is 9.52. The molecule has 2 N–H and O–H groups in total. The number of aliphatic hydroxyl groups excluding tert-OH is 1. The van der Waals surface area contributed by atoms with Gasteiger partial charge in [0.15, 0.2) is 0 Å². The minimum absolute atomic E-state index is 0.0174. The zero-order valence-electron chi connectivity index (χ0n) is 12.6. The third kappa shape index (κ3) is 6.06. The van der Waals surface area contributed by atoms with Gasteiger partial charge in [-0.15, -0.1) is 0 Å². The highest BCUT2D eigenvalue weighted by molar-refractivity contribution is 5.76. The van der Waals surface area contributed by atoms with Gasteiger partial charge in [-0.2, -0.15) is 0 Å². The number of methoxy groups -OCH3 is 1. The van der Waals surface area contributed by atoms with Gasteiger partial charge in [0.05, 0.1) is 13.2 Å². The average molecular weight is 279 g/mol. The van der Waals surface area contributed by atoms with Crippen molar-refractivity contribution in [3.05, 3.63) is 29.8 Å². The maximum Gasteiger partial charge on any atom is 0.220 e. The second-order valence-electron chi connectivity index (χ2n) is 5.30. The number of carbonyl (C=O) groups is 1. The average Bonchev–Trinajstić information content (AvgIpc) is 2.45. The van der Waals surface area contributed by atoms with E-state index in [2.05, 4.69) is 5.32 Å². The number of hydrogen-bond acceptors (Lipinski definition) is 3. The third-order valence-corrected chi connectivity index (χ3v) is 3.31. The number of benzene rings is 1. The van der Waals surface area contributed by atoms with E-state index in [0.717, 1.165) is 11.3 Å². The summed E-state index contributed by atoms with van der Waals surface area (Å²) in [6, 6.07) is 7.73. The molecule has 0 aliphatic carbocycles. The molecular weight excluding hydrogens is 254 g/mol. The number of rotatable bonds is 8. The smallest absolute Gasteiger partial charge is 0.220 e. The van der Waals surface area contributed by atoms with E-state index < -0.39 is 0 Å². The molecule has 1 unspecified atom stereocenters. The maximum absolute atomic E-state index is 11.7. The Hall–Kier alpha value is -1.55. The molecule has 0 spiro atoms. The van der Waals surface area contributed by atoms with Crippen molar-refractivity contribution in [1.29, 1.82) is 0 Å². The van der Waals surface area contributed by atoms with Crippen LogP contribution in [0.5, 0.6) is 5.75 Å². The summed E-state index contributed by atoms with van der Waals surface area (Å²) in [5.74, 6) is 1.05. The summed E-state index contributed by atoms with van der Waals surface area (Å²) < 4.78 is 5.15. The highest BCUT2D eigenvalue weighted by Gasteiger charge is 2.09. The summed E-state index contributed by atoms with van der Waals surface area (Å²) in [6.45, 7) is 4.46. The van der Waals surface area contributed by atoms with Gasteiger partial charge in [0.25, 0.3) is 0 Å². The summed E-state index contributed by atoms with van der Waals surface area (Å²) in [5.41, 5.74) is 1.08. The largest absolute Gasteiger partial charge is 0.497 e. The minimum Gasteiger partial charge on any atom is -0.497 e. The molecular formula is C16H25NO3. The number of aliphatic hydroxyl groups is 1. The van der Waals surface area contributed by atoms with Gasteiger partial charge in [0.2, 0.25) is 5.91 Å². The van der Waals surface area contributed by atoms with Crippen LogP contribution in [-0.2, 0) is 11.2 Å². The standard InChI is InChI=1S/C16H25NO3/c1-12(2)15(18)9-10-17-16(19)8-7-13-5-4-6-14(11-13)20-3/h4-6,11-12,15,18H,7-10H2,1-3H3,(H,17,19). The van der Waals surface area contributed by atoms with E-state index >= 15 is 0 Å².